The monoisotopic (exact) mass is 287 g/mol. The van der Waals surface area contributed by atoms with Crippen LogP contribution in [0.1, 0.15) is 19.8 Å². The summed E-state index contributed by atoms with van der Waals surface area (Å²) in [5, 5.41) is 0. The average Bonchev–Trinajstić information content (AvgIpc) is 1.61. The molecule has 0 aromatic heterocycles. The van der Waals surface area contributed by atoms with Crippen molar-refractivity contribution in [3.8, 4) is 0 Å². The Kier molecular flexibility index (Phi) is 16.0. The maximum Gasteiger partial charge on any atom is 0 e. The Labute approximate surface area is 62.9 Å². The van der Waals surface area contributed by atoms with Crippen LogP contribution in [0.25, 0.3) is 0 Å². The van der Waals surface area contributed by atoms with E-state index >= 15 is 0 Å². The summed E-state index contributed by atoms with van der Waals surface area (Å²) in [6.07, 6.45) is 6.03. The molecule has 7 heavy (non-hydrogen) atoms. The molecule has 44 valence electrons. The van der Waals surface area contributed by atoms with Crippen molar-refractivity contribution in [3.63, 3.8) is 0 Å². The largest absolute Gasteiger partial charge is 0.331 e. The molecule has 0 saturated carbocycles. The van der Waals surface area contributed by atoms with E-state index in [0.717, 1.165) is 0 Å². The molecule has 0 aromatic carbocycles. The number of hydrogen-bond donors (Lipinski definition) is 0. The third kappa shape index (κ3) is 11.0. The normalized spacial score (nSPS) is 7.71. The Morgan fingerprint density at radius 2 is 2.14 bits per heavy atom. The van der Waals surface area contributed by atoms with Crippen LogP contribution in [-0.4, -0.2) is 6.16 Å². The van der Waals surface area contributed by atoms with E-state index in [-0.39, 0.29) is 21.1 Å². The third-order valence-corrected chi connectivity index (χ3v) is 1.11. The van der Waals surface area contributed by atoms with Gasteiger partial charge in [-0.25, -0.2) is 0 Å². The SMILES string of the molecule is C[CH-]CCCP.[W]. The molecular weight excluding hydrogens is 275 g/mol. The number of hydrogen-bond acceptors (Lipinski definition) is 0. The van der Waals surface area contributed by atoms with E-state index in [1.54, 1.807) is 0 Å². The van der Waals surface area contributed by atoms with Gasteiger partial charge in [-0.2, -0.15) is 13.3 Å². The minimum Gasteiger partial charge on any atom is -0.331 e. The van der Waals surface area contributed by atoms with Gasteiger partial charge in [0.2, 0.25) is 0 Å². The zero-order valence-electron chi connectivity index (χ0n) is 4.68. The van der Waals surface area contributed by atoms with Crippen LogP contribution in [-0.2, 0) is 21.1 Å². The molecule has 0 aromatic rings. The molecule has 0 N–H and O–H groups in total. The van der Waals surface area contributed by atoms with E-state index < -0.39 is 0 Å². The average molecular weight is 287 g/mol. The first-order chi connectivity index (χ1) is 2.91. The molecule has 0 aliphatic rings. The van der Waals surface area contributed by atoms with E-state index in [1.807, 2.05) is 0 Å². The topological polar surface area (TPSA) is 0 Å². The molecule has 1 unspecified atom stereocenters. The summed E-state index contributed by atoms with van der Waals surface area (Å²) < 4.78 is 0. The smallest absolute Gasteiger partial charge is 0 e. The summed E-state index contributed by atoms with van der Waals surface area (Å²) >= 11 is 0. The van der Waals surface area contributed by atoms with Crippen molar-refractivity contribution in [1.29, 1.82) is 0 Å². The second-order valence-electron chi connectivity index (χ2n) is 1.34. The van der Waals surface area contributed by atoms with Crippen molar-refractivity contribution in [2.75, 3.05) is 6.16 Å². The first kappa shape index (κ1) is 11.0. The van der Waals surface area contributed by atoms with Gasteiger partial charge >= 0.3 is 0 Å². The van der Waals surface area contributed by atoms with Gasteiger partial charge in [0.05, 0.1) is 0 Å². The molecule has 0 aliphatic carbocycles. The molecule has 0 rings (SSSR count). The van der Waals surface area contributed by atoms with Gasteiger partial charge in [-0.15, -0.1) is 9.24 Å². The fourth-order valence-electron chi connectivity index (χ4n) is 0.322. The number of rotatable bonds is 3. The zero-order valence-corrected chi connectivity index (χ0v) is 8.77. The molecule has 0 saturated heterocycles. The molecule has 0 aliphatic heterocycles. The van der Waals surface area contributed by atoms with Gasteiger partial charge in [0.1, 0.15) is 0 Å². The molecule has 0 nitrogen and oxygen atoms in total. The summed E-state index contributed by atoms with van der Waals surface area (Å²) in [7, 11) is 2.71. The summed E-state index contributed by atoms with van der Waals surface area (Å²) in [5.41, 5.74) is 0. The summed E-state index contributed by atoms with van der Waals surface area (Å²) in [5.74, 6) is 0. The van der Waals surface area contributed by atoms with E-state index in [2.05, 4.69) is 22.6 Å². The van der Waals surface area contributed by atoms with Gasteiger partial charge in [-0.1, -0.05) is 6.42 Å². The summed E-state index contributed by atoms with van der Waals surface area (Å²) in [6, 6.07) is 0. The van der Waals surface area contributed by atoms with E-state index in [1.165, 1.54) is 19.0 Å². The van der Waals surface area contributed by atoms with Gasteiger partial charge in [0.25, 0.3) is 0 Å². The van der Waals surface area contributed by atoms with Crippen molar-refractivity contribution in [2.45, 2.75) is 19.8 Å². The molecule has 0 fully saturated rings. The minimum absolute atomic E-state index is 0. The van der Waals surface area contributed by atoms with Crippen molar-refractivity contribution in [3.05, 3.63) is 6.42 Å². The maximum atomic E-state index is 2.71. The molecule has 0 amide bonds. The predicted molar refractivity (Wildman–Crippen MR) is 33.8 cm³/mol. The Balaban J connectivity index is 0. The molecule has 2 heteroatoms. The van der Waals surface area contributed by atoms with Gasteiger partial charge in [-0.3, -0.25) is 0 Å². The summed E-state index contributed by atoms with van der Waals surface area (Å²) in [6.45, 7) is 2.10. The third-order valence-electron chi connectivity index (χ3n) is 0.697. The molecule has 0 heterocycles. The van der Waals surface area contributed by atoms with Crippen LogP contribution in [0.3, 0.4) is 0 Å². The van der Waals surface area contributed by atoms with Crippen LogP contribution in [0, 0.1) is 6.42 Å². The Bertz CT molecular complexity index is 20.0. The van der Waals surface area contributed by atoms with Crippen molar-refractivity contribution >= 4 is 9.24 Å². The first-order valence-corrected chi connectivity index (χ1v) is 3.21. The molecule has 0 bridgehead atoms. The molecule has 1 atom stereocenters. The zero-order chi connectivity index (χ0) is 4.83. The Morgan fingerprint density at radius 1 is 1.57 bits per heavy atom. The fourth-order valence-corrected chi connectivity index (χ4v) is 0.558. The fraction of sp³-hybridized carbons (Fsp3) is 0.800. The molecule has 0 spiro atoms. The summed E-state index contributed by atoms with van der Waals surface area (Å²) in [4.78, 5) is 0. The van der Waals surface area contributed by atoms with Crippen molar-refractivity contribution < 1.29 is 21.1 Å². The van der Waals surface area contributed by atoms with E-state index in [4.69, 9.17) is 0 Å². The quantitative estimate of drug-likeness (QED) is 0.422. The standard InChI is InChI=1S/C5H12P.W/c1-2-3-4-5-6;/h2H,3-6H2,1H3;/q-1;. The van der Waals surface area contributed by atoms with Crippen LogP contribution < -0.4 is 0 Å². The van der Waals surface area contributed by atoms with Gasteiger partial charge in [-0.05, 0) is 6.16 Å². The second-order valence-corrected chi connectivity index (χ2v) is 1.92. The Morgan fingerprint density at radius 3 is 2.29 bits per heavy atom. The minimum atomic E-state index is 0. The molecule has 0 radical (unpaired) electrons. The molecular formula is C5H12PW-. The number of unbranched alkanes of at least 4 members (excludes halogenated alkanes) is 2. The van der Waals surface area contributed by atoms with Crippen molar-refractivity contribution in [1.82, 2.24) is 0 Å². The van der Waals surface area contributed by atoms with Crippen LogP contribution in [0.15, 0.2) is 0 Å². The van der Waals surface area contributed by atoms with Crippen LogP contribution in [0.2, 0.25) is 0 Å². The first-order valence-electron chi connectivity index (χ1n) is 2.39. The maximum absolute atomic E-state index is 2.71. The second kappa shape index (κ2) is 10.2. The van der Waals surface area contributed by atoms with E-state index in [9.17, 15) is 0 Å². The van der Waals surface area contributed by atoms with Crippen molar-refractivity contribution in [2.24, 2.45) is 0 Å². The Hall–Kier alpha value is 1.12. The predicted octanol–water partition coefficient (Wildman–Crippen LogP) is 1.86. The van der Waals surface area contributed by atoms with Crippen LogP contribution in [0.4, 0.5) is 0 Å². The van der Waals surface area contributed by atoms with Gasteiger partial charge < -0.3 is 6.42 Å². The van der Waals surface area contributed by atoms with Gasteiger partial charge in [0, 0.05) is 21.1 Å². The van der Waals surface area contributed by atoms with Crippen LogP contribution in [0.5, 0.6) is 0 Å². The van der Waals surface area contributed by atoms with Gasteiger partial charge in [0.15, 0.2) is 0 Å². The van der Waals surface area contributed by atoms with Crippen LogP contribution >= 0.6 is 9.24 Å². The van der Waals surface area contributed by atoms with E-state index in [0.29, 0.717) is 0 Å².